The van der Waals surface area contributed by atoms with Crippen LogP contribution in [0.2, 0.25) is 0 Å². The van der Waals surface area contributed by atoms with Gasteiger partial charge in [0.25, 0.3) is 0 Å². The Morgan fingerprint density at radius 3 is 0.477 bits per heavy atom. The van der Waals surface area contributed by atoms with Gasteiger partial charge in [0.15, 0.2) is 0 Å². The highest BCUT2D eigenvalue weighted by molar-refractivity contribution is 8.76. The molecule has 0 amide bonds. The van der Waals surface area contributed by atoms with Crippen LogP contribution in [-0.4, -0.2) is 105 Å². The minimum absolute atomic E-state index is 0.0309. The topological polar surface area (TPSA) is 171 Å². The van der Waals surface area contributed by atoms with Crippen LogP contribution in [0.1, 0.15) is 0 Å². The van der Waals surface area contributed by atoms with Crippen LogP contribution >= 0.6 is 21.6 Å². The summed E-state index contributed by atoms with van der Waals surface area (Å²) >= 11 is 0. The Bertz CT molecular complexity index is 1560. The van der Waals surface area contributed by atoms with Gasteiger partial charge in [-0.1, -0.05) is 0 Å². The van der Waals surface area contributed by atoms with Gasteiger partial charge in [0.05, 0.1) is 167 Å². The van der Waals surface area contributed by atoms with E-state index in [-0.39, 0.29) is 58.7 Å². The molecular weight excluding hydrogens is 809 g/mol. The smallest absolute Gasteiger partial charge is 0.0733 e. The van der Waals surface area contributed by atoms with Crippen LogP contribution in [0.5, 0.6) is 0 Å². The van der Waals surface area contributed by atoms with Crippen molar-refractivity contribution < 1.29 is 42.1 Å². The summed E-state index contributed by atoms with van der Waals surface area (Å²) in [7, 11) is -17.5. The Morgan fingerprint density at radius 1 is 0.250 bits per heavy atom. The van der Waals surface area contributed by atoms with E-state index in [0.717, 1.165) is 21.6 Å². The first-order chi connectivity index (χ1) is 20.2. The Kier molecular flexibility index (Phi) is 15.6. The van der Waals surface area contributed by atoms with E-state index in [1.54, 1.807) is 0 Å². The predicted molar refractivity (Wildman–Crippen MR) is 188 cm³/mol. The zero-order valence-electron chi connectivity index (χ0n) is 25.0. The number of hydrogen-bond acceptors (Lipinski definition) is 12. The number of benzene rings is 2. The van der Waals surface area contributed by atoms with Crippen LogP contribution in [0.4, 0.5) is 0 Å². The van der Waals surface area contributed by atoms with E-state index in [4.69, 9.17) is 0 Å². The molecule has 2 aromatic carbocycles. The van der Waals surface area contributed by atoms with Crippen LogP contribution in [0, 0.1) is 0 Å². The summed E-state index contributed by atoms with van der Waals surface area (Å²) in [5.41, 5.74) is 0. The van der Waals surface area contributed by atoms with Crippen LogP contribution in [-0.2, 0) is 108 Å². The Hall–Kier alpha value is 0.640. The maximum absolute atomic E-state index is 13.3. The fraction of sp³-hybridized carbons (Fsp3) is 0.455. The normalized spacial score (nSPS) is 18.9. The number of rotatable bonds is 13. The van der Waals surface area contributed by atoms with Crippen molar-refractivity contribution in [2.24, 2.45) is 0 Å². The van der Waals surface area contributed by atoms with E-state index < -0.39 is 108 Å². The lowest BCUT2D eigenvalue weighted by Crippen LogP contribution is -2.15. The highest BCUT2D eigenvalue weighted by Crippen LogP contribution is 2.52. The number of hydrogen-bond donors (Lipinski definition) is 0. The third-order valence-corrected chi connectivity index (χ3v) is 19.4. The highest BCUT2D eigenvalue weighted by atomic mass is 33.1. The maximum atomic E-state index is 13.3. The molecule has 0 N–H and O–H groups in total. The van der Waals surface area contributed by atoms with E-state index in [9.17, 15) is 42.1 Å². The van der Waals surface area contributed by atoms with Crippen molar-refractivity contribution in [2.75, 3.05) is 62.6 Å². The van der Waals surface area contributed by atoms with E-state index in [1.807, 2.05) is 0 Å². The lowest BCUT2D eigenvalue weighted by molar-refractivity contribution is 0.649. The molecule has 0 aliphatic rings. The van der Waals surface area contributed by atoms with Gasteiger partial charge in [-0.15, -0.1) is 0 Å². The maximum Gasteiger partial charge on any atom is 0.0733 e. The fourth-order valence-electron chi connectivity index (χ4n) is 4.08. The predicted octanol–water partition coefficient (Wildman–Crippen LogP) is 1.86. The molecule has 10 atom stereocenters. The molecule has 22 heteroatoms. The van der Waals surface area contributed by atoms with Gasteiger partial charge in [0.1, 0.15) is 0 Å². The van der Waals surface area contributed by atoms with E-state index in [0.29, 0.717) is 0 Å². The summed E-state index contributed by atoms with van der Waals surface area (Å²) in [6, 6.07) is 0. The fourth-order valence-corrected chi connectivity index (χ4v) is 22.7. The van der Waals surface area contributed by atoms with E-state index in [1.165, 1.54) is 62.6 Å². The van der Waals surface area contributed by atoms with Crippen LogP contribution in [0.3, 0.4) is 0 Å². The van der Waals surface area contributed by atoms with Crippen LogP contribution in [0.15, 0.2) is 58.7 Å². The molecule has 10 unspecified atom stereocenters. The van der Waals surface area contributed by atoms with E-state index in [2.05, 4.69) is 0 Å². The highest BCUT2D eigenvalue weighted by Gasteiger charge is 2.36. The van der Waals surface area contributed by atoms with Crippen molar-refractivity contribution >= 4 is 130 Å². The molecule has 0 aliphatic carbocycles. The third-order valence-electron chi connectivity index (χ3n) is 5.56. The summed E-state index contributed by atoms with van der Waals surface area (Å²) in [6.07, 6.45) is 12.8. The average Bonchev–Trinajstić information content (AvgIpc) is 2.87. The van der Waals surface area contributed by atoms with Gasteiger partial charge in [0, 0.05) is 62.6 Å². The first-order valence-electron chi connectivity index (χ1n) is 11.4. The van der Waals surface area contributed by atoms with Crippen molar-refractivity contribution in [2.45, 2.75) is 58.7 Å². The molecule has 44 heavy (non-hydrogen) atoms. The van der Waals surface area contributed by atoms with Gasteiger partial charge in [-0.3, -0.25) is 42.1 Å². The van der Waals surface area contributed by atoms with Crippen LogP contribution in [0.25, 0.3) is 0 Å². The lowest BCUT2D eigenvalue weighted by Gasteiger charge is -2.23. The van der Waals surface area contributed by atoms with Crippen LogP contribution < -0.4 is 0 Å². The van der Waals surface area contributed by atoms with Crippen molar-refractivity contribution in [1.82, 2.24) is 0 Å². The molecule has 0 saturated carbocycles. The first kappa shape index (κ1) is 40.8. The zero-order chi connectivity index (χ0) is 34.1. The summed E-state index contributed by atoms with van der Waals surface area (Å²) in [5, 5.41) is 0. The molecule has 0 aromatic heterocycles. The molecule has 0 heterocycles. The Morgan fingerprint density at radius 2 is 0.364 bits per heavy atom. The molecule has 0 aliphatic heterocycles. The van der Waals surface area contributed by atoms with E-state index >= 15 is 0 Å². The minimum Gasteiger partial charge on any atom is -0.255 e. The van der Waals surface area contributed by atoms with Crippen molar-refractivity contribution in [3.05, 3.63) is 0 Å². The molecule has 10 nitrogen and oxygen atoms in total. The second-order valence-corrected chi connectivity index (χ2v) is 24.0. The summed E-state index contributed by atoms with van der Waals surface area (Å²) in [6.45, 7) is 0. The minimum atomic E-state index is -1.92. The molecule has 0 spiro atoms. The largest absolute Gasteiger partial charge is 0.255 e. The monoisotopic (exact) mass is 838 g/mol. The summed E-state index contributed by atoms with van der Waals surface area (Å²) < 4.78 is 131. The van der Waals surface area contributed by atoms with Gasteiger partial charge in [-0.25, -0.2) is 0 Å². The molecule has 0 saturated heterocycles. The molecular formula is C22H30O10S12. The molecule has 0 bridgehead atoms. The van der Waals surface area contributed by atoms with Gasteiger partial charge in [0.2, 0.25) is 0 Å². The third kappa shape index (κ3) is 8.43. The Labute approximate surface area is 290 Å². The van der Waals surface area contributed by atoms with Gasteiger partial charge >= 0.3 is 0 Å². The lowest BCUT2D eigenvalue weighted by atomic mass is 10.3. The molecule has 2 rings (SSSR count). The molecule has 0 radical (unpaired) electrons. The zero-order valence-corrected chi connectivity index (χ0v) is 34.8. The van der Waals surface area contributed by atoms with Gasteiger partial charge in [-0.05, 0) is 21.6 Å². The molecule has 2 aromatic rings. The standard InChI is InChI=1S/C22H30O10S12/c1-35(23)13-11(14(36(2)24)18(40(6)28)21(43(9)31)17(13)39(5)27)33-34-12-15(37(3)25)19(41(7)29)22(44(10)32)20(42(8)30)16(12)38(4)26/h1-10H3. The van der Waals surface area contributed by atoms with Crippen molar-refractivity contribution in [1.29, 1.82) is 0 Å². The molecule has 250 valence electrons. The first-order valence-corrected chi connectivity index (χ1v) is 29.1. The SMILES string of the molecule is CS(=O)c1c(SSc2c(S(C)=O)c(S(C)=O)c(S(C)=O)c(S(C)=O)c2S(C)=O)c(S(C)=O)c(S(C)=O)c(S(C)=O)c1S(C)=O. The van der Waals surface area contributed by atoms with Crippen molar-refractivity contribution in [3.8, 4) is 0 Å². The van der Waals surface area contributed by atoms with Gasteiger partial charge in [-0.2, -0.15) is 0 Å². The summed E-state index contributed by atoms with van der Waals surface area (Å²) in [5.74, 6) is 0. The second kappa shape index (κ2) is 16.8. The summed E-state index contributed by atoms with van der Waals surface area (Å²) in [4.78, 5) is -0.712. The van der Waals surface area contributed by atoms with Crippen molar-refractivity contribution in [3.63, 3.8) is 0 Å². The molecule has 0 fully saturated rings. The van der Waals surface area contributed by atoms with Gasteiger partial charge < -0.3 is 0 Å². The quantitative estimate of drug-likeness (QED) is 0.269. The second-order valence-electron chi connectivity index (χ2n) is 8.66. The average molecular weight is 839 g/mol. The Balaban J connectivity index is 3.32.